The lowest BCUT2D eigenvalue weighted by atomic mass is 9.83. The molecule has 0 amide bonds. The fraction of sp³-hybridized carbons (Fsp3) is 0.588. The normalized spacial score (nSPS) is 18.4. The van der Waals surface area contributed by atoms with E-state index >= 15 is 0 Å². The molecular weight excluding hydrogens is 348 g/mol. The van der Waals surface area contributed by atoms with Gasteiger partial charge in [-0.3, -0.25) is 4.79 Å². The number of hydrogen-bond donors (Lipinski definition) is 1. The Hall–Kier alpha value is -1.23. The van der Waals surface area contributed by atoms with E-state index in [0.29, 0.717) is 19.1 Å². The second-order valence-electron chi connectivity index (χ2n) is 6.41. The molecule has 0 spiro atoms. The van der Waals surface area contributed by atoms with E-state index < -0.39 is 5.97 Å². The summed E-state index contributed by atoms with van der Waals surface area (Å²) in [7, 11) is 0. The van der Waals surface area contributed by atoms with Gasteiger partial charge in [-0.05, 0) is 42.2 Å². The lowest BCUT2D eigenvalue weighted by molar-refractivity contribution is -0.137. The number of carboxylic acid groups (broad SMARTS) is 1. The van der Waals surface area contributed by atoms with E-state index in [0.717, 1.165) is 39.9 Å². The highest BCUT2D eigenvalue weighted by molar-refractivity contribution is 9.10. The summed E-state index contributed by atoms with van der Waals surface area (Å²) in [5, 5.41) is 9.31. The van der Waals surface area contributed by atoms with Gasteiger partial charge in [0, 0.05) is 10.0 Å². The van der Waals surface area contributed by atoms with E-state index in [1.54, 1.807) is 0 Å². The molecule has 1 fully saturated rings. The lowest BCUT2D eigenvalue weighted by Gasteiger charge is -2.29. The third-order valence-corrected chi connectivity index (χ3v) is 5.05. The molecule has 1 aliphatic carbocycles. The van der Waals surface area contributed by atoms with Crippen LogP contribution in [0.5, 0.6) is 11.5 Å². The molecule has 0 radical (unpaired) electrons. The van der Waals surface area contributed by atoms with Crippen LogP contribution < -0.4 is 9.47 Å². The molecule has 0 aromatic heterocycles. The van der Waals surface area contributed by atoms with Crippen molar-refractivity contribution in [2.45, 2.75) is 44.9 Å². The number of fused-ring (bicyclic) bond motifs is 1. The van der Waals surface area contributed by atoms with Crippen LogP contribution in [0.3, 0.4) is 0 Å². The Bertz CT molecular complexity index is 593. The molecule has 120 valence electrons. The molecule has 0 bridgehead atoms. The van der Waals surface area contributed by atoms with Crippen LogP contribution in [0.1, 0.15) is 56.1 Å². The Morgan fingerprint density at radius 1 is 1.32 bits per heavy atom. The van der Waals surface area contributed by atoms with Crippen molar-refractivity contribution in [2.24, 2.45) is 5.92 Å². The summed E-state index contributed by atoms with van der Waals surface area (Å²) in [6.07, 6.45) is 2.38. The molecule has 4 nitrogen and oxygen atoms in total. The third-order valence-electron chi connectivity index (χ3n) is 4.39. The molecule has 1 heterocycles. The Labute approximate surface area is 138 Å². The summed E-state index contributed by atoms with van der Waals surface area (Å²) in [6.45, 7) is 5.33. The van der Waals surface area contributed by atoms with Crippen LogP contribution >= 0.6 is 15.9 Å². The van der Waals surface area contributed by atoms with E-state index in [4.69, 9.17) is 9.47 Å². The van der Waals surface area contributed by atoms with Crippen LogP contribution in [0.25, 0.3) is 0 Å². The van der Waals surface area contributed by atoms with Gasteiger partial charge in [0.2, 0.25) is 0 Å². The topological polar surface area (TPSA) is 55.8 Å². The minimum atomic E-state index is -0.742. The predicted molar refractivity (Wildman–Crippen MR) is 86.9 cm³/mol. The first-order valence-corrected chi connectivity index (χ1v) is 8.62. The summed E-state index contributed by atoms with van der Waals surface area (Å²) >= 11 is 3.65. The first-order valence-electron chi connectivity index (χ1n) is 7.82. The second-order valence-corrected chi connectivity index (χ2v) is 7.26. The molecule has 3 rings (SSSR count). The van der Waals surface area contributed by atoms with Crippen LogP contribution in [-0.2, 0) is 4.79 Å². The molecule has 1 unspecified atom stereocenters. The molecule has 22 heavy (non-hydrogen) atoms. The molecule has 1 atom stereocenters. The van der Waals surface area contributed by atoms with Crippen LogP contribution in [0.4, 0.5) is 0 Å². The number of aliphatic carboxylic acids is 1. The van der Waals surface area contributed by atoms with Crippen molar-refractivity contribution >= 4 is 21.9 Å². The summed E-state index contributed by atoms with van der Waals surface area (Å²) in [6, 6.07) is 1.94. The van der Waals surface area contributed by atoms with Crippen LogP contribution in [0.2, 0.25) is 0 Å². The maximum Gasteiger partial charge on any atom is 0.303 e. The van der Waals surface area contributed by atoms with Crippen molar-refractivity contribution in [3.05, 3.63) is 21.7 Å². The summed E-state index contributed by atoms with van der Waals surface area (Å²) in [5.41, 5.74) is 2.20. The molecular formula is C17H21BrO4. The SMILES string of the molecule is CC(C)c1c2c(cc(Br)c1C(CC(=O)O)C1CC1)OCCO2. The average molecular weight is 369 g/mol. The van der Waals surface area contributed by atoms with E-state index in [1.807, 2.05) is 6.07 Å². The van der Waals surface area contributed by atoms with Crippen LogP contribution in [0, 0.1) is 5.92 Å². The van der Waals surface area contributed by atoms with Gasteiger partial charge in [0.1, 0.15) is 13.2 Å². The van der Waals surface area contributed by atoms with Crippen molar-refractivity contribution in [1.82, 2.24) is 0 Å². The first kappa shape index (κ1) is 15.7. The zero-order chi connectivity index (χ0) is 15.9. The van der Waals surface area contributed by atoms with Gasteiger partial charge < -0.3 is 14.6 Å². The Morgan fingerprint density at radius 2 is 2.00 bits per heavy atom. The molecule has 0 saturated heterocycles. The van der Waals surface area contributed by atoms with E-state index in [2.05, 4.69) is 29.8 Å². The smallest absolute Gasteiger partial charge is 0.303 e. The van der Waals surface area contributed by atoms with Crippen molar-refractivity contribution in [3.8, 4) is 11.5 Å². The van der Waals surface area contributed by atoms with E-state index in [1.165, 1.54) is 0 Å². The van der Waals surface area contributed by atoms with Gasteiger partial charge in [-0.15, -0.1) is 0 Å². The first-order chi connectivity index (χ1) is 10.5. The molecule has 1 aromatic rings. The summed E-state index contributed by atoms with van der Waals surface area (Å²) in [4.78, 5) is 11.3. The lowest BCUT2D eigenvalue weighted by Crippen LogP contribution is -2.20. The molecule has 1 aliphatic heterocycles. The standard InChI is InChI=1S/C17H21BrO4/c1-9(2)15-16(11(7-14(19)20)10-3-4-10)12(18)8-13-17(15)22-6-5-21-13/h8-11H,3-7H2,1-2H3,(H,19,20). The van der Waals surface area contributed by atoms with Gasteiger partial charge in [-0.2, -0.15) is 0 Å². The predicted octanol–water partition coefficient (Wildman–Crippen LogP) is 4.31. The molecule has 1 aromatic carbocycles. The van der Waals surface area contributed by atoms with Crippen molar-refractivity contribution < 1.29 is 19.4 Å². The molecule has 1 N–H and O–H groups in total. The zero-order valence-corrected chi connectivity index (χ0v) is 14.5. The van der Waals surface area contributed by atoms with Gasteiger partial charge >= 0.3 is 5.97 Å². The molecule has 1 saturated carbocycles. The number of rotatable bonds is 5. The number of carboxylic acids is 1. The van der Waals surface area contributed by atoms with Crippen LogP contribution in [-0.4, -0.2) is 24.3 Å². The minimum Gasteiger partial charge on any atom is -0.486 e. The summed E-state index contributed by atoms with van der Waals surface area (Å²) < 4.78 is 12.5. The summed E-state index contributed by atoms with van der Waals surface area (Å²) in [5.74, 6) is 1.57. The maximum absolute atomic E-state index is 11.3. The van der Waals surface area contributed by atoms with Crippen LogP contribution in [0.15, 0.2) is 10.5 Å². The van der Waals surface area contributed by atoms with Gasteiger partial charge in [0.05, 0.1) is 6.42 Å². The van der Waals surface area contributed by atoms with Gasteiger partial charge in [-0.1, -0.05) is 29.8 Å². The second kappa shape index (κ2) is 6.11. The fourth-order valence-corrected chi connectivity index (χ4v) is 4.05. The minimum absolute atomic E-state index is 0.0418. The number of ether oxygens (including phenoxy) is 2. The number of halogens is 1. The molecule has 5 heteroatoms. The third kappa shape index (κ3) is 2.96. The monoisotopic (exact) mass is 368 g/mol. The number of benzene rings is 1. The average Bonchev–Trinajstić information content (AvgIpc) is 3.27. The van der Waals surface area contributed by atoms with Crippen molar-refractivity contribution in [3.63, 3.8) is 0 Å². The Balaban J connectivity index is 2.14. The van der Waals surface area contributed by atoms with E-state index in [-0.39, 0.29) is 18.3 Å². The Morgan fingerprint density at radius 3 is 2.59 bits per heavy atom. The Kier molecular flexibility index (Phi) is 4.35. The van der Waals surface area contributed by atoms with Gasteiger partial charge in [-0.25, -0.2) is 0 Å². The van der Waals surface area contributed by atoms with Crippen molar-refractivity contribution in [1.29, 1.82) is 0 Å². The fourth-order valence-electron chi connectivity index (χ4n) is 3.33. The quantitative estimate of drug-likeness (QED) is 0.840. The van der Waals surface area contributed by atoms with E-state index in [9.17, 15) is 9.90 Å². The van der Waals surface area contributed by atoms with Crippen molar-refractivity contribution in [2.75, 3.05) is 13.2 Å². The maximum atomic E-state index is 11.3. The highest BCUT2D eigenvalue weighted by Gasteiger charge is 2.38. The molecule has 2 aliphatic rings. The number of carbonyl (C=O) groups is 1. The van der Waals surface area contributed by atoms with Gasteiger partial charge in [0.25, 0.3) is 0 Å². The van der Waals surface area contributed by atoms with Gasteiger partial charge in [0.15, 0.2) is 11.5 Å². The number of hydrogen-bond acceptors (Lipinski definition) is 3. The highest BCUT2D eigenvalue weighted by atomic mass is 79.9. The largest absolute Gasteiger partial charge is 0.486 e. The zero-order valence-electron chi connectivity index (χ0n) is 12.9. The highest BCUT2D eigenvalue weighted by Crippen LogP contribution is 2.52.